The van der Waals surface area contributed by atoms with Crippen LogP contribution in [0, 0.1) is 11.8 Å². The Morgan fingerprint density at radius 2 is 1.87 bits per heavy atom. The lowest BCUT2D eigenvalue weighted by Crippen LogP contribution is -2.55. The summed E-state index contributed by atoms with van der Waals surface area (Å²) in [6.45, 7) is 5.47. The van der Waals surface area contributed by atoms with E-state index in [4.69, 9.17) is 0 Å². The molecule has 0 saturated carbocycles. The minimum atomic E-state index is -0.776. The number of hydrogen-bond acceptors (Lipinski definition) is 3. The van der Waals surface area contributed by atoms with Crippen molar-refractivity contribution in [2.75, 3.05) is 19.6 Å². The van der Waals surface area contributed by atoms with Crippen molar-refractivity contribution >= 4 is 17.8 Å². The van der Waals surface area contributed by atoms with E-state index in [1.54, 1.807) is 9.80 Å². The fourth-order valence-electron chi connectivity index (χ4n) is 3.77. The quantitative estimate of drug-likeness (QED) is 0.854. The normalized spacial score (nSPS) is 28.5. The molecular weight excluding hydrogens is 296 g/mol. The molecule has 2 fully saturated rings. The standard InChI is InChI=1S/C17H28N2O4/c1-3-6-15(20)19-9-5-4-7-14(19)16(21)18-10-8-13(17(22)23)12(2)11-18/h12-14H,3-11H2,1-2H3,(H,22,23). The highest BCUT2D eigenvalue weighted by atomic mass is 16.4. The van der Waals surface area contributed by atoms with Gasteiger partial charge in [-0.15, -0.1) is 0 Å². The van der Waals surface area contributed by atoms with Crippen LogP contribution in [0.2, 0.25) is 0 Å². The van der Waals surface area contributed by atoms with Gasteiger partial charge in [-0.25, -0.2) is 0 Å². The molecule has 2 heterocycles. The molecule has 3 atom stereocenters. The number of rotatable bonds is 4. The van der Waals surface area contributed by atoms with E-state index in [2.05, 4.69) is 0 Å². The summed E-state index contributed by atoms with van der Waals surface area (Å²) in [4.78, 5) is 39.9. The fraction of sp³-hybridized carbons (Fsp3) is 0.824. The lowest BCUT2D eigenvalue weighted by molar-refractivity contribution is -0.153. The first-order chi connectivity index (χ1) is 11.0. The predicted octanol–water partition coefficient (Wildman–Crippen LogP) is 1.74. The van der Waals surface area contributed by atoms with E-state index in [1.165, 1.54) is 0 Å². The highest BCUT2D eigenvalue weighted by Crippen LogP contribution is 2.27. The lowest BCUT2D eigenvalue weighted by atomic mass is 9.86. The maximum absolute atomic E-state index is 12.9. The van der Waals surface area contributed by atoms with E-state index in [-0.39, 0.29) is 29.7 Å². The van der Waals surface area contributed by atoms with Crippen molar-refractivity contribution in [3.63, 3.8) is 0 Å². The Hall–Kier alpha value is -1.59. The summed E-state index contributed by atoms with van der Waals surface area (Å²) in [5, 5.41) is 9.20. The number of likely N-dealkylation sites (tertiary alicyclic amines) is 2. The van der Waals surface area contributed by atoms with Crippen LogP contribution in [0.15, 0.2) is 0 Å². The molecule has 23 heavy (non-hydrogen) atoms. The van der Waals surface area contributed by atoms with E-state index in [1.807, 2.05) is 13.8 Å². The van der Waals surface area contributed by atoms with Gasteiger partial charge < -0.3 is 14.9 Å². The predicted molar refractivity (Wildman–Crippen MR) is 85.7 cm³/mol. The average Bonchev–Trinajstić information content (AvgIpc) is 2.54. The molecule has 2 rings (SSSR count). The molecule has 0 aromatic heterocycles. The van der Waals surface area contributed by atoms with E-state index in [9.17, 15) is 19.5 Å². The van der Waals surface area contributed by atoms with Gasteiger partial charge in [0.15, 0.2) is 0 Å². The number of carbonyl (C=O) groups excluding carboxylic acids is 2. The lowest BCUT2D eigenvalue weighted by Gasteiger charge is -2.41. The first-order valence-electron chi connectivity index (χ1n) is 8.76. The van der Waals surface area contributed by atoms with Crippen molar-refractivity contribution < 1.29 is 19.5 Å². The van der Waals surface area contributed by atoms with Crippen LogP contribution < -0.4 is 0 Å². The largest absolute Gasteiger partial charge is 0.481 e. The summed E-state index contributed by atoms with van der Waals surface area (Å²) in [5.41, 5.74) is 0. The smallest absolute Gasteiger partial charge is 0.306 e. The zero-order valence-electron chi connectivity index (χ0n) is 14.2. The minimum Gasteiger partial charge on any atom is -0.481 e. The van der Waals surface area contributed by atoms with Crippen LogP contribution >= 0.6 is 0 Å². The number of carboxylic acids is 1. The molecule has 1 N–H and O–H groups in total. The highest BCUT2D eigenvalue weighted by Gasteiger charge is 2.38. The van der Waals surface area contributed by atoms with Crippen molar-refractivity contribution in [1.82, 2.24) is 9.80 Å². The van der Waals surface area contributed by atoms with Crippen molar-refractivity contribution in [3.05, 3.63) is 0 Å². The zero-order valence-corrected chi connectivity index (χ0v) is 14.2. The van der Waals surface area contributed by atoms with E-state index >= 15 is 0 Å². The van der Waals surface area contributed by atoms with Gasteiger partial charge in [0.1, 0.15) is 6.04 Å². The van der Waals surface area contributed by atoms with Gasteiger partial charge in [0.2, 0.25) is 11.8 Å². The molecule has 2 saturated heterocycles. The van der Waals surface area contributed by atoms with Crippen LogP contribution in [0.3, 0.4) is 0 Å². The molecule has 0 aliphatic carbocycles. The Morgan fingerprint density at radius 3 is 2.48 bits per heavy atom. The third-order valence-electron chi connectivity index (χ3n) is 5.11. The van der Waals surface area contributed by atoms with Gasteiger partial charge in [-0.2, -0.15) is 0 Å². The van der Waals surface area contributed by atoms with Gasteiger partial charge in [0.05, 0.1) is 5.92 Å². The van der Waals surface area contributed by atoms with Crippen molar-refractivity contribution in [2.45, 2.75) is 58.4 Å². The first kappa shape index (κ1) is 17.8. The Morgan fingerprint density at radius 1 is 1.13 bits per heavy atom. The molecule has 3 unspecified atom stereocenters. The zero-order chi connectivity index (χ0) is 17.0. The number of aliphatic carboxylic acids is 1. The number of amides is 2. The molecule has 0 aromatic rings. The van der Waals surface area contributed by atoms with Gasteiger partial charge in [0.25, 0.3) is 0 Å². The number of nitrogens with zero attached hydrogens (tertiary/aromatic N) is 2. The third kappa shape index (κ3) is 4.03. The molecule has 0 radical (unpaired) electrons. The topological polar surface area (TPSA) is 77.9 Å². The summed E-state index contributed by atoms with van der Waals surface area (Å²) in [7, 11) is 0. The van der Waals surface area contributed by atoms with Gasteiger partial charge >= 0.3 is 5.97 Å². The Balaban J connectivity index is 2.03. The second kappa shape index (κ2) is 7.79. The van der Waals surface area contributed by atoms with E-state index in [0.29, 0.717) is 32.5 Å². The van der Waals surface area contributed by atoms with E-state index in [0.717, 1.165) is 25.7 Å². The summed E-state index contributed by atoms with van der Waals surface area (Å²) in [6.07, 6.45) is 4.42. The van der Waals surface area contributed by atoms with Crippen LogP contribution in [0.4, 0.5) is 0 Å². The third-order valence-corrected chi connectivity index (χ3v) is 5.11. The van der Waals surface area contributed by atoms with Crippen molar-refractivity contribution in [2.24, 2.45) is 11.8 Å². The molecule has 2 aliphatic rings. The van der Waals surface area contributed by atoms with Crippen LogP contribution in [0.1, 0.15) is 52.4 Å². The van der Waals surface area contributed by atoms with Crippen LogP contribution in [0.25, 0.3) is 0 Å². The second-order valence-electron chi connectivity index (χ2n) is 6.84. The van der Waals surface area contributed by atoms with Gasteiger partial charge in [0, 0.05) is 26.1 Å². The molecule has 2 aliphatic heterocycles. The Bertz CT molecular complexity index is 466. The van der Waals surface area contributed by atoms with Gasteiger partial charge in [-0.05, 0) is 38.0 Å². The van der Waals surface area contributed by atoms with Crippen molar-refractivity contribution in [1.29, 1.82) is 0 Å². The fourth-order valence-corrected chi connectivity index (χ4v) is 3.77. The number of piperidine rings is 2. The maximum atomic E-state index is 12.9. The monoisotopic (exact) mass is 324 g/mol. The van der Waals surface area contributed by atoms with Crippen molar-refractivity contribution in [3.8, 4) is 0 Å². The summed E-state index contributed by atoms with van der Waals surface area (Å²) in [6, 6.07) is -0.351. The first-order valence-corrected chi connectivity index (χ1v) is 8.76. The molecule has 0 aromatic carbocycles. The van der Waals surface area contributed by atoms with Crippen LogP contribution in [0.5, 0.6) is 0 Å². The molecule has 6 nitrogen and oxygen atoms in total. The molecule has 6 heteroatoms. The van der Waals surface area contributed by atoms with Crippen LogP contribution in [-0.4, -0.2) is 58.4 Å². The van der Waals surface area contributed by atoms with E-state index < -0.39 is 5.97 Å². The Kier molecular flexibility index (Phi) is 6.02. The number of hydrogen-bond donors (Lipinski definition) is 1. The molecule has 130 valence electrons. The molecule has 0 spiro atoms. The summed E-state index contributed by atoms with van der Waals surface area (Å²) < 4.78 is 0. The summed E-state index contributed by atoms with van der Waals surface area (Å²) in [5.74, 6) is -1.12. The number of carboxylic acid groups (broad SMARTS) is 1. The SMILES string of the molecule is CCCC(=O)N1CCCCC1C(=O)N1CCC(C(=O)O)C(C)C1. The molecular formula is C17H28N2O4. The average molecular weight is 324 g/mol. The van der Waals surface area contributed by atoms with Crippen LogP contribution in [-0.2, 0) is 14.4 Å². The summed E-state index contributed by atoms with van der Waals surface area (Å²) >= 11 is 0. The number of carbonyl (C=O) groups is 3. The van der Waals surface area contributed by atoms with Gasteiger partial charge in [-0.3, -0.25) is 14.4 Å². The molecule has 2 amide bonds. The maximum Gasteiger partial charge on any atom is 0.306 e. The van der Waals surface area contributed by atoms with Gasteiger partial charge in [-0.1, -0.05) is 13.8 Å². The Labute approximate surface area is 137 Å². The second-order valence-corrected chi connectivity index (χ2v) is 6.84. The molecule has 0 bridgehead atoms. The minimum absolute atomic E-state index is 0.00448. The highest BCUT2D eigenvalue weighted by molar-refractivity contribution is 5.88.